The lowest BCUT2D eigenvalue weighted by atomic mass is 9.99. The number of likely N-dealkylation sites (tertiary alicyclic amines) is 1. The van der Waals surface area contributed by atoms with Gasteiger partial charge in [-0.25, -0.2) is 4.68 Å². The van der Waals surface area contributed by atoms with Gasteiger partial charge < -0.3 is 15.5 Å². The van der Waals surface area contributed by atoms with Crippen molar-refractivity contribution < 1.29 is 9.59 Å². The fourth-order valence-corrected chi connectivity index (χ4v) is 3.51. The zero-order valence-electron chi connectivity index (χ0n) is 13.9. The summed E-state index contributed by atoms with van der Waals surface area (Å²) in [4.78, 5) is 26.3. The Morgan fingerprint density at radius 3 is 3.00 bits per heavy atom. The predicted molar refractivity (Wildman–Crippen MR) is 94.3 cm³/mol. The van der Waals surface area contributed by atoms with E-state index in [2.05, 4.69) is 15.7 Å². The van der Waals surface area contributed by atoms with Gasteiger partial charge in [0.2, 0.25) is 11.8 Å². The van der Waals surface area contributed by atoms with Gasteiger partial charge in [-0.05, 0) is 12.0 Å². The lowest BCUT2D eigenvalue weighted by Gasteiger charge is -2.18. The molecular formula is C18H21N5O2. The van der Waals surface area contributed by atoms with Crippen molar-refractivity contribution >= 4 is 23.3 Å². The maximum atomic E-state index is 12.4. The minimum absolute atomic E-state index is 0.0270. The molecule has 7 heteroatoms. The van der Waals surface area contributed by atoms with E-state index in [0.29, 0.717) is 18.7 Å². The number of carbonyl (C=O) groups is 2. The zero-order valence-corrected chi connectivity index (χ0v) is 13.9. The molecule has 2 N–H and O–H groups in total. The van der Waals surface area contributed by atoms with E-state index < -0.39 is 0 Å². The van der Waals surface area contributed by atoms with E-state index >= 15 is 0 Å². The first-order valence-electron chi connectivity index (χ1n) is 8.63. The molecule has 0 bridgehead atoms. The third-order valence-corrected chi connectivity index (χ3v) is 4.77. The molecule has 0 saturated carbocycles. The summed E-state index contributed by atoms with van der Waals surface area (Å²) in [5, 5.41) is 10.4. The molecule has 0 aliphatic carbocycles. The smallest absolute Gasteiger partial charge is 0.244 e. The molecule has 130 valence electrons. The number of hydrogen-bond donors (Lipinski definition) is 2. The topological polar surface area (TPSA) is 79.3 Å². The normalized spacial score (nSPS) is 19.4. The van der Waals surface area contributed by atoms with Gasteiger partial charge in [-0.3, -0.25) is 9.59 Å². The molecule has 1 saturated heterocycles. The lowest BCUT2D eigenvalue weighted by Crippen LogP contribution is -2.34. The molecule has 3 heterocycles. The quantitative estimate of drug-likeness (QED) is 0.888. The predicted octanol–water partition coefficient (Wildman–Crippen LogP) is 1.65. The Kier molecular flexibility index (Phi) is 4.13. The Morgan fingerprint density at radius 1 is 1.32 bits per heavy atom. The van der Waals surface area contributed by atoms with Crippen molar-refractivity contribution in [1.29, 1.82) is 0 Å². The summed E-state index contributed by atoms with van der Waals surface area (Å²) in [5.74, 6) is 0.839. The maximum absolute atomic E-state index is 12.4. The number of carbonyl (C=O) groups excluding carboxylic acids is 2. The molecule has 25 heavy (non-hydrogen) atoms. The van der Waals surface area contributed by atoms with Crippen molar-refractivity contribution in [3.8, 4) is 0 Å². The zero-order chi connectivity index (χ0) is 17.2. The molecule has 2 aliphatic rings. The van der Waals surface area contributed by atoms with E-state index in [-0.39, 0.29) is 24.3 Å². The van der Waals surface area contributed by atoms with Crippen LogP contribution in [0.15, 0.2) is 36.5 Å². The number of amides is 2. The second kappa shape index (κ2) is 6.58. The molecule has 2 aliphatic heterocycles. The van der Waals surface area contributed by atoms with E-state index in [1.807, 2.05) is 35.0 Å². The summed E-state index contributed by atoms with van der Waals surface area (Å²) in [6, 6.07) is 9.99. The lowest BCUT2D eigenvalue weighted by molar-refractivity contribution is -0.131. The van der Waals surface area contributed by atoms with Gasteiger partial charge in [0.1, 0.15) is 11.5 Å². The number of aromatic nitrogens is 2. The molecule has 1 aromatic heterocycles. The molecule has 2 aromatic rings. The number of nitrogens with one attached hydrogen (secondary N) is 2. The Labute approximate surface area is 146 Å². The van der Waals surface area contributed by atoms with Crippen LogP contribution in [0.4, 0.5) is 11.5 Å². The third kappa shape index (κ3) is 3.22. The Balaban J connectivity index is 1.38. The van der Waals surface area contributed by atoms with Crippen LogP contribution in [0.3, 0.4) is 0 Å². The van der Waals surface area contributed by atoms with Gasteiger partial charge in [0, 0.05) is 32.0 Å². The molecule has 0 radical (unpaired) electrons. The van der Waals surface area contributed by atoms with Crippen LogP contribution in [-0.2, 0) is 16.1 Å². The third-order valence-electron chi connectivity index (χ3n) is 4.77. The Morgan fingerprint density at radius 2 is 2.16 bits per heavy atom. The molecule has 0 spiro atoms. The number of anilines is 2. The minimum Gasteiger partial charge on any atom is -0.368 e. The highest BCUT2D eigenvalue weighted by molar-refractivity contribution is 5.97. The first-order valence-corrected chi connectivity index (χ1v) is 8.63. The number of rotatable bonds is 4. The van der Waals surface area contributed by atoms with Crippen molar-refractivity contribution in [2.75, 3.05) is 30.3 Å². The van der Waals surface area contributed by atoms with Crippen LogP contribution in [0.1, 0.15) is 24.3 Å². The van der Waals surface area contributed by atoms with Crippen molar-refractivity contribution in [1.82, 2.24) is 14.7 Å². The first kappa shape index (κ1) is 15.7. The summed E-state index contributed by atoms with van der Waals surface area (Å²) in [6.45, 7) is 2.38. The van der Waals surface area contributed by atoms with Crippen molar-refractivity contribution in [2.45, 2.75) is 25.3 Å². The average Bonchev–Trinajstić information content (AvgIpc) is 3.20. The van der Waals surface area contributed by atoms with Gasteiger partial charge in [0.05, 0.1) is 12.7 Å². The van der Waals surface area contributed by atoms with Crippen molar-refractivity contribution in [2.24, 2.45) is 0 Å². The molecule has 1 unspecified atom stereocenters. The summed E-state index contributed by atoms with van der Waals surface area (Å²) in [7, 11) is 0. The second-order valence-electron chi connectivity index (χ2n) is 6.54. The van der Waals surface area contributed by atoms with Crippen LogP contribution in [0.2, 0.25) is 0 Å². The van der Waals surface area contributed by atoms with Gasteiger partial charge in [-0.15, -0.1) is 0 Å². The molecule has 1 fully saturated rings. The Bertz CT molecular complexity index is 786. The monoisotopic (exact) mass is 339 g/mol. The maximum Gasteiger partial charge on any atom is 0.244 e. The summed E-state index contributed by atoms with van der Waals surface area (Å²) >= 11 is 0. The standard InChI is InChI=1S/C18H21N5O2/c24-16(21-15-10-20-23-8-4-7-19-18(15)23)12-22-11-14(9-17(22)25)13-5-2-1-3-6-13/h1-3,5-6,10,14,19H,4,7-9,11-12H2,(H,21,24). The molecule has 2 amide bonds. The summed E-state index contributed by atoms with van der Waals surface area (Å²) in [6.07, 6.45) is 3.14. The number of hydrogen-bond acceptors (Lipinski definition) is 4. The number of benzene rings is 1. The molecule has 7 nitrogen and oxygen atoms in total. The van der Waals surface area contributed by atoms with E-state index in [9.17, 15) is 9.59 Å². The van der Waals surface area contributed by atoms with Gasteiger partial charge in [0.25, 0.3) is 0 Å². The van der Waals surface area contributed by atoms with Crippen LogP contribution in [0.25, 0.3) is 0 Å². The molecule has 1 atom stereocenters. The largest absolute Gasteiger partial charge is 0.368 e. The van der Waals surface area contributed by atoms with E-state index in [4.69, 9.17) is 0 Å². The van der Waals surface area contributed by atoms with E-state index in [1.165, 1.54) is 0 Å². The van der Waals surface area contributed by atoms with Crippen LogP contribution in [0.5, 0.6) is 0 Å². The van der Waals surface area contributed by atoms with E-state index in [0.717, 1.165) is 30.9 Å². The van der Waals surface area contributed by atoms with Crippen LogP contribution >= 0.6 is 0 Å². The van der Waals surface area contributed by atoms with Crippen molar-refractivity contribution in [3.05, 3.63) is 42.1 Å². The van der Waals surface area contributed by atoms with Crippen LogP contribution in [-0.4, -0.2) is 46.1 Å². The average molecular weight is 339 g/mol. The van der Waals surface area contributed by atoms with Crippen molar-refractivity contribution in [3.63, 3.8) is 0 Å². The van der Waals surface area contributed by atoms with Crippen LogP contribution < -0.4 is 10.6 Å². The van der Waals surface area contributed by atoms with Crippen LogP contribution in [0, 0.1) is 0 Å². The second-order valence-corrected chi connectivity index (χ2v) is 6.54. The molecule has 1 aromatic carbocycles. The van der Waals surface area contributed by atoms with E-state index in [1.54, 1.807) is 11.1 Å². The number of aryl methyl sites for hydroxylation is 1. The van der Waals surface area contributed by atoms with Gasteiger partial charge in [-0.2, -0.15) is 5.10 Å². The van der Waals surface area contributed by atoms with Gasteiger partial charge in [-0.1, -0.05) is 30.3 Å². The number of fused-ring (bicyclic) bond motifs is 1. The summed E-state index contributed by atoms with van der Waals surface area (Å²) < 4.78 is 1.85. The van der Waals surface area contributed by atoms with Gasteiger partial charge >= 0.3 is 0 Å². The fourth-order valence-electron chi connectivity index (χ4n) is 3.51. The highest BCUT2D eigenvalue weighted by Gasteiger charge is 2.31. The Hall–Kier alpha value is -2.83. The minimum atomic E-state index is -0.190. The first-order chi connectivity index (χ1) is 12.2. The highest BCUT2D eigenvalue weighted by Crippen LogP contribution is 2.28. The SMILES string of the molecule is O=C(CN1CC(c2ccccc2)CC1=O)Nc1cnn2c1NCCC2. The number of nitrogens with zero attached hydrogens (tertiary/aromatic N) is 3. The summed E-state index contributed by atoms with van der Waals surface area (Å²) in [5.41, 5.74) is 1.82. The van der Waals surface area contributed by atoms with Gasteiger partial charge in [0.15, 0.2) is 0 Å². The molecular weight excluding hydrogens is 318 g/mol. The highest BCUT2D eigenvalue weighted by atomic mass is 16.2. The molecule has 4 rings (SSSR count). The fraction of sp³-hybridized carbons (Fsp3) is 0.389.